The highest BCUT2D eigenvalue weighted by atomic mass is 16.5. The number of rotatable bonds is 5. The SMILES string of the molecule is CC1(NCC(O)CN2CCOCC2)CCC1. The molecule has 1 atom stereocenters. The molecule has 2 fully saturated rings. The summed E-state index contributed by atoms with van der Waals surface area (Å²) >= 11 is 0. The van der Waals surface area contributed by atoms with E-state index in [1.54, 1.807) is 0 Å². The Balaban J connectivity index is 1.61. The molecule has 1 saturated heterocycles. The predicted molar refractivity (Wildman–Crippen MR) is 63.5 cm³/mol. The Kier molecular flexibility index (Phi) is 4.19. The molecule has 16 heavy (non-hydrogen) atoms. The second kappa shape index (κ2) is 5.45. The predicted octanol–water partition coefficient (Wildman–Crippen LogP) is 0.212. The molecule has 0 aromatic carbocycles. The number of aliphatic hydroxyl groups is 1. The van der Waals surface area contributed by atoms with Crippen molar-refractivity contribution in [2.75, 3.05) is 39.4 Å². The lowest BCUT2D eigenvalue weighted by atomic mass is 9.78. The third kappa shape index (κ3) is 3.42. The van der Waals surface area contributed by atoms with Crippen LogP contribution in [0.15, 0.2) is 0 Å². The average Bonchev–Trinajstić information content (AvgIpc) is 2.25. The zero-order valence-corrected chi connectivity index (χ0v) is 10.2. The lowest BCUT2D eigenvalue weighted by molar-refractivity contribution is 0.0123. The van der Waals surface area contributed by atoms with Gasteiger partial charge in [-0.25, -0.2) is 0 Å². The van der Waals surface area contributed by atoms with Crippen LogP contribution in [0.2, 0.25) is 0 Å². The molecule has 0 spiro atoms. The highest BCUT2D eigenvalue weighted by molar-refractivity contribution is 4.92. The molecule has 1 saturated carbocycles. The first kappa shape index (κ1) is 12.3. The van der Waals surface area contributed by atoms with Crippen molar-refractivity contribution in [3.8, 4) is 0 Å². The zero-order chi connectivity index (χ0) is 11.4. The van der Waals surface area contributed by atoms with Gasteiger partial charge in [0.2, 0.25) is 0 Å². The van der Waals surface area contributed by atoms with E-state index in [0.717, 1.165) is 32.8 Å². The van der Waals surface area contributed by atoms with Gasteiger partial charge in [0.05, 0.1) is 19.3 Å². The van der Waals surface area contributed by atoms with Crippen LogP contribution >= 0.6 is 0 Å². The van der Waals surface area contributed by atoms with Crippen molar-refractivity contribution in [2.24, 2.45) is 0 Å². The number of nitrogens with one attached hydrogen (secondary N) is 1. The second-order valence-corrected chi connectivity index (χ2v) is 5.36. The smallest absolute Gasteiger partial charge is 0.0791 e. The van der Waals surface area contributed by atoms with Gasteiger partial charge in [0.1, 0.15) is 0 Å². The third-order valence-corrected chi connectivity index (χ3v) is 3.79. The molecule has 0 aromatic rings. The van der Waals surface area contributed by atoms with Gasteiger partial charge in [-0.05, 0) is 26.2 Å². The van der Waals surface area contributed by atoms with E-state index in [0.29, 0.717) is 12.1 Å². The lowest BCUT2D eigenvalue weighted by Crippen LogP contribution is -2.52. The highest BCUT2D eigenvalue weighted by Gasteiger charge is 2.31. The van der Waals surface area contributed by atoms with Gasteiger partial charge in [0, 0.05) is 31.7 Å². The van der Waals surface area contributed by atoms with E-state index in [9.17, 15) is 5.11 Å². The van der Waals surface area contributed by atoms with Crippen LogP contribution in [-0.2, 0) is 4.74 Å². The Morgan fingerprint density at radius 3 is 2.62 bits per heavy atom. The Labute approximate surface area is 98.0 Å². The Bertz CT molecular complexity index is 213. The zero-order valence-electron chi connectivity index (χ0n) is 10.2. The molecule has 2 N–H and O–H groups in total. The van der Waals surface area contributed by atoms with Gasteiger partial charge in [-0.1, -0.05) is 0 Å². The number of β-amino-alcohol motifs (C(OH)–C–C–N with tert-alkyl or cyclic N) is 1. The molecule has 1 heterocycles. The van der Waals surface area contributed by atoms with Crippen molar-refractivity contribution >= 4 is 0 Å². The number of ether oxygens (including phenoxy) is 1. The molecule has 0 radical (unpaired) electrons. The van der Waals surface area contributed by atoms with Gasteiger partial charge in [0.15, 0.2) is 0 Å². The van der Waals surface area contributed by atoms with E-state index in [1.807, 2.05) is 0 Å². The standard InChI is InChI=1S/C12H24N2O2/c1-12(3-2-4-12)13-9-11(15)10-14-5-7-16-8-6-14/h11,13,15H,2-10H2,1H3. The molecule has 1 aliphatic heterocycles. The van der Waals surface area contributed by atoms with E-state index >= 15 is 0 Å². The summed E-state index contributed by atoms with van der Waals surface area (Å²) < 4.78 is 5.28. The molecule has 0 amide bonds. The fourth-order valence-corrected chi connectivity index (χ4v) is 2.39. The average molecular weight is 228 g/mol. The minimum atomic E-state index is -0.254. The summed E-state index contributed by atoms with van der Waals surface area (Å²) in [5.74, 6) is 0. The van der Waals surface area contributed by atoms with E-state index in [-0.39, 0.29) is 6.10 Å². The molecule has 0 aromatic heterocycles. The number of aliphatic hydroxyl groups excluding tert-OH is 1. The number of hydrogen-bond acceptors (Lipinski definition) is 4. The van der Waals surface area contributed by atoms with Crippen LogP contribution in [-0.4, -0.2) is 61.0 Å². The molecular formula is C12H24N2O2. The fourth-order valence-electron chi connectivity index (χ4n) is 2.39. The molecule has 2 aliphatic rings. The van der Waals surface area contributed by atoms with Crippen molar-refractivity contribution in [3.05, 3.63) is 0 Å². The van der Waals surface area contributed by atoms with Crippen molar-refractivity contribution in [1.29, 1.82) is 0 Å². The third-order valence-electron chi connectivity index (χ3n) is 3.79. The van der Waals surface area contributed by atoms with E-state index < -0.39 is 0 Å². The fraction of sp³-hybridized carbons (Fsp3) is 1.00. The van der Waals surface area contributed by atoms with Crippen molar-refractivity contribution in [3.63, 3.8) is 0 Å². The van der Waals surface area contributed by atoms with Gasteiger partial charge >= 0.3 is 0 Å². The minimum Gasteiger partial charge on any atom is -0.390 e. The summed E-state index contributed by atoms with van der Waals surface area (Å²) in [6.07, 6.45) is 3.56. The van der Waals surface area contributed by atoms with Crippen molar-refractivity contribution in [1.82, 2.24) is 10.2 Å². The summed E-state index contributed by atoms with van der Waals surface area (Å²) in [7, 11) is 0. The topological polar surface area (TPSA) is 44.7 Å². The summed E-state index contributed by atoms with van der Waals surface area (Å²) in [4.78, 5) is 2.28. The van der Waals surface area contributed by atoms with Crippen LogP contribution in [0.25, 0.3) is 0 Å². The van der Waals surface area contributed by atoms with Gasteiger partial charge in [-0.15, -0.1) is 0 Å². The largest absolute Gasteiger partial charge is 0.390 e. The molecule has 94 valence electrons. The second-order valence-electron chi connectivity index (χ2n) is 5.36. The lowest BCUT2D eigenvalue weighted by Gasteiger charge is -2.40. The van der Waals surface area contributed by atoms with E-state index in [1.165, 1.54) is 19.3 Å². The Hall–Kier alpha value is -0.160. The first-order valence-corrected chi connectivity index (χ1v) is 6.41. The van der Waals surface area contributed by atoms with Crippen LogP contribution in [0.1, 0.15) is 26.2 Å². The number of nitrogens with zero attached hydrogens (tertiary/aromatic N) is 1. The maximum atomic E-state index is 9.94. The maximum absolute atomic E-state index is 9.94. The first-order chi connectivity index (χ1) is 7.68. The summed E-state index contributed by atoms with van der Waals surface area (Å²) in [5, 5.41) is 13.4. The Morgan fingerprint density at radius 2 is 2.06 bits per heavy atom. The maximum Gasteiger partial charge on any atom is 0.0791 e. The van der Waals surface area contributed by atoms with Crippen molar-refractivity contribution in [2.45, 2.75) is 37.8 Å². The summed E-state index contributed by atoms with van der Waals surface area (Å²) in [6, 6.07) is 0. The van der Waals surface area contributed by atoms with E-state index in [4.69, 9.17) is 4.74 Å². The molecule has 4 heteroatoms. The summed E-state index contributed by atoms with van der Waals surface area (Å²) in [5.41, 5.74) is 0.298. The first-order valence-electron chi connectivity index (χ1n) is 6.41. The van der Waals surface area contributed by atoms with Crippen LogP contribution in [0, 0.1) is 0 Å². The molecule has 1 aliphatic carbocycles. The quantitative estimate of drug-likeness (QED) is 0.706. The highest BCUT2D eigenvalue weighted by Crippen LogP contribution is 2.30. The van der Waals surface area contributed by atoms with Crippen LogP contribution in [0.5, 0.6) is 0 Å². The normalized spacial score (nSPS) is 27.4. The van der Waals surface area contributed by atoms with Crippen LogP contribution in [0.4, 0.5) is 0 Å². The van der Waals surface area contributed by atoms with Gasteiger partial charge in [0.25, 0.3) is 0 Å². The molecule has 1 unspecified atom stereocenters. The minimum absolute atomic E-state index is 0.254. The molecular weight excluding hydrogens is 204 g/mol. The molecule has 4 nitrogen and oxygen atoms in total. The van der Waals surface area contributed by atoms with Crippen LogP contribution in [0.3, 0.4) is 0 Å². The Morgan fingerprint density at radius 1 is 1.38 bits per heavy atom. The number of hydrogen-bond donors (Lipinski definition) is 2. The van der Waals surface area contributed by atoms with Gasteiger partial charge in [-0.2, -0.15) is 0 Å². The van der Waals surface area contributed by atoms with E-state index in [2.05, 4.69) is 17.1 Å². The number of morpholine rings is 1. The van der Waals surface area contributed by atoms with Gasteiger partial charge in [-0.3, -0.25) is 4.90 Å². The van der Waals surface area contributed by atoms with Crippen molar-refractivity contribution < 1.29 is 9.84 Å². The summed E-state index contributed by atoms with van der Waals surface area (Å²) in [6.45, 7) is 7.25. The molecule has 2 rings (SSSR count). The monoisotopic (exact) mass is 228 g/mol. The molecule has 0 bridgehead atoms. The van der Waals surface area contributed by atoms with Crippen LogP contribution < -0.4 is 5.32 Å². The van der Waals surface area contributed by atoms with Gasteiger partial charge < -0.3 is 15.2 Å².